The van der Waals surface area contributed by atoms with Gasteiger partial charge in [0.05, 0.1) is 12.7 Å². The van der Waals surface area contributed by atoms with Crippen molar-refractivity contribution in [2.24, 2.45) is 7.05 Å². The summed E-state index contributed by atoms with van der Waals surface area (Å²) in [5, 5.41) is 5.38. The number of alkyl halides is 3. The van der Waals surface area contributed by atoms with Crippen molar-refractivity contribution in [3.63, 3.8) is 0 Å². The van der Waals surface area contributed by atoms with Crippen molar-refractivity contribution in [3.05, 3.63) is 82.6 Å². The molecule has 3 rings (SSSR count). The molecule has 0 unspecified atom stereocenters. The van der Waals surface area contributed by atoms with Crippen molar-refractivity contribution >= 4 is 29.3 Å². The SMILES string of the molecule is CCC/C=C(/C=C\c1nc(NC(=O)CCCC)cn1C)c1cc(C(=O)NCc2cc(OC(F)(F)F)ccc2F)c(OC)cc1C. The van der Waals surface area contributed by atoms with E-state index in [1.165, 1.54) is 7.11 Å². The van der Waals surface area contributed by atoms with E-state index in [0.29, 0.717) is 18.1 Å². The molecule has 0 fully saturated rings. The van der Waals surface area contributed by atoms with Crippen LogP contribution >= 0.6 is 0 Å². The molecule has 1 heterocycles. The van der Waals surface area contributed by atoms with Gasteiger partial charge < -0.3 is 24.7 Å². The van der Waals surface area contributed by atoms with E-state index in [9.17, 15) is 27.2 Å². The van der Waals surface area contributed by atoms with Crippen molar-refractivity contribution in [1.82, 2.24) is 14.9 Å². The molecular weight excluding hydrogens is 592 g/mol. The van der Waals surface area contributed by atoms with Crippen LogP contribution in [0.15, 0.2) is 48.7 Å². The Hall–Kier alpha value is -4.61. The number of allylic oxidation sites excluding steroid dienone is 3. The van der Waals surface area contributed by atoms with Crippen molar-refractivity contribution in [2.45, 2.75) is 65.8 Å². The number of ether oxygens (including phenoxy) is 2. The minimum Gasteiger partial charge on any atom is -0.496 e. The number of aromatic nitrogens is 2. The standard InChI is InChI=1S/C33H38F4N4O4/c1-6-8-10-22(12-15-30-39-29(20-41(30)4)40-31(42)11-9-7-2)25-18-26(28(44-5)16-21(25)3)32(43)38-19-23-17-24(13-14-27(23)34)45-33(35,36)37/h10,12-18,20H,6-9,11,19H2,1-5H3,(H,38,43)(H,40,42)/b15-12-,22-10-. The van der Waals surface area contributed by atoms with Crippen LogP contribution in [0.5, 0.6) is 11.5 Å². The second-order valence-corrected chi connectivity index (χ2v) is 10.4. The predicted molar refractivity (Wildman–Crippen MR) is 165 cm³/mol. The van der Waals surface area contributed by atoms with Gasteiger partial charge in [-0.3, -0.25) is 9.59 Å². The smallest absolute Gasteiger partial charge is 0.496 e. The molecule has 0 saturated carbocycles. The predicted octanol–water partition coefficient (Wildman–Crippen LogP) is 7.73. The first-order valence-corrected chi connectivity index (χ1v) is 14.6. The molecular formula is C33H38F4N4O4. The molecule has 0 aliphatic heterocycles. The van der Waals surface area contributed by atoms with E-state index >= 15 is 0 Å². The zero-order chi connectivity index (χ0) is 33.1. The van der Waals surface area contributed by atoms with Gasteiger partial charge in [-0.1, -0.05) is 38.8 Å². The summed E-state index contributed by atoms with van der Waals surface area (Å²) < 4.78 is 63.4. The van der Waals surface area contributed by atoms with Gasteiger partial charge in [0.2, 0.25) is 5.91 Å². The lowest BCUT2D eigenvalue weighted by molar-refractivity contribution is -0.274. The summed E-state index contributed by atoms with van der Waals surface area (Å²) in [7, 11) is 3.23. The summed E-state index contributed by atoms with van der Waals surface area (Å²) >= 11 is 0. The number of imidazole rings is 1. The number of aryl methyl sites for hydroxylation is 2. The monoisotopic (exact) mass is 630 g/mol. The number of halogens is 4. The second-order valence-electron chi connectivity index (χ2n) is 10.4. The normalized spacial score (nSPS) is 12.0. The van der Waals surface area contributed by atoms with Crippen molar-refractivity contribution in [2.75, 3.05) is 12.4 Å². The number of amides is 2. The van der Waals surface area contributed by atoms with E-state index in [1.807, 2.05) is 46.0 Å². The topological polar surface area (TPSA) is 94.5 Å². The van der Waals surface area contributed by atoms with E-state index in [0.717, 1.165) is 60.6 Å². The molecule has 3 aromatic rings. The van der Waals surface area contributed by atoms with Crippen LogP contribution in [0.2, 0.25) is 0 Å². The lowest BCUT2D eigenvalue weighted by atomic mass is 9.95. The molecule has 8 nitrogen and oxygen atoms in total. The lowest BCUT2D eigenvalue weighted by Gasteiger charge is -2.15. The number of hydrogen-bond donors (Lipinski definition) is 2. The first-order chi connectivity index (χ1) is 21.3. The Labute approximate surface area is 260 Å². The summed E-state index contributed by atoms with van der Waals surface area (Å²) in [6, 6.07) is 5.95. The van der Waals surface area contributed by atoms with Gasteiger partial charge in [-0.15, -0.1) is 13.2 Å². The van der Waals surface area contributed by atoms with Crippen LogP contribution in [-0.2, 0) is 18.4 Å². The third-order valence-corrected chi connectivity index (χ3v) is 6.79. The highest BCUT2D eigenvalue weighted by atomic mass is 19.4. The Morgan fingerprint density at radius 3 is 2.51 bits per heavy atom. The summed E-state index contributed by atoms with van der Waals surface area (Å²) in [4.78, 5) is 30.0. The van der Waals surface area contributed by atoms with E-state index in [-0.39, 0.29) is 29.3 Å². The Balaban J connectivity index is 1.88. The zero-order valence-corrected chi connectivity index (χ0v) is 26.0. The zero-order valence-electron chi connectivity index (χ0n) is 26.0. The summed E-state index contributed by atoms with van der Waals surface area (Å²) in [6.07, 6.45) is 6.26. The van der Waals surface area contributed by atoms with Crippen LogP contribution in [0.25, 0.3) is 11.6 Å². The number of carbonyl (C=O) groups is 2. The molecule has 0 radical (unpaired) electrons. The van der Waals surface area contributed by atoms with Crippen molar-refractivity contribution < 1.29 is 36.6 Å². The van der Waals surface area contributed by atoms with Crippen LogP contribution in [0.3, 0.4) is 0 Å². The second kappa shape index (κ2) is 15.9. The number of nitrogens with zero attached hydrogens (tertiary/aromatic N) is 2. The number of unbranched alkanes of at least 4 members (excludes halogenated alkanes) is 2. The number of anilines is 1. The number of hydrogen-bond acceptors (Lipinski definition) is 5. The molecule has 242 valence electrons. The molecule has 2 N–H and O–H groups in total. The summed E-state index contributed by atoms with van der Waals surface area (Å²) in [5.74, 6) is -0.779. The van der Waals surface area contributed by atoms with Gasteiger partial charge in [0.1, 0.15) is 23.1 Å². The Kier molecular flexibility index (Phi) is 12.3. The van der Waals surface area contributed by atoms with Crippen LogP contribution in [0.4, 0.5) is 23.4 Å². The van der Waals surface area contributed by atoms with E-state index in [1.54, 1.807) is 22.9 Å². The average molecular weight is 631 g/mol. The minimum atomic E-state index is -4.94. The number of nitrogens with one attached hydrogen (secondary N) is 2. The number of rotatable bonds is 14. The van der Waals surface area contributed by atoms with Crippen molar-refractivity contribution in [1.29, 1.82) is 0 Å². The molecule has 0 aliphatic rings. The summed E-state index contributed by atoms with van der Waals surface area (Å²) in [5.41, 5.74) is 2.34. The first kappa shape index (κ1) is 34.9. The third kappa shape index (κ3) is 10.2. The molecule has 45 heavy (non-hydrogen) atoms. The van der Waals surface area contributed by atoms with Gasteiger partial charge in [-0.2, -0.15) is 0 Å². The molecule has 0 aliphatic carbocycles. The van der Waals surface area contributed by atoms with Gasteiger partial charge in [0.25, 0.3) is 5.91 Å². The highest BCUT2D eigenvalue weighted by Crippen LogP contribution is 2.30. The van der Waals surface area contributed by atoms with Crippen LogP contribution in [0, 0.1) is 12.7 Å². The Morgan fingerprint density at radius 1 is 1.09 bits per heavy atom. The molecule has 1 aromatic heterocycles. The van der Waals surface area contributed by atoms with E-state index in [4.69, 9.17) is 4.74 Å². The van der Waals surface area contributed by atoms with E-state index < -0.39 is 23.8 Å². The molecule has 0 spiro atoms. The fourth-order valence-electron chi connectivity index (χ4n) is 4.46. The third-order valence-electron chi connectivity index (χ3n) is 6.79. The van der Waals surface area contributed by atoms with Crippen LogP contribution in [-0.4, -0.2) is 34.8 Å². The van der Waals surface area contributed by atoms with Gasteiger partial charge in [-0.25, -0.2) is 9.37 Å². The van der Waals surface area contributed by atoms with E-state index in [2.05, 4.69) is 20.4 Å². The Morgan fingerprint density at radius 2 is 1.84 bits per heavy atom. The average Bonchev–Trinajstić information content (AvgIpc) is 3.33. The molecule has 12 heteroatoms. The lowest BCUT2D eigenvalue weighted by Crippen LogP contribution is -2.24. The van der Waals surface area contributed by atoms with Crippen LogP contribution in [0.1, 0.15) is 78.8 Å². The highest BCUT2D eigenvalue weighted by Gasteiger charge is 2.31. The van der Waals surface area contributed by atoms with Crippen molar-refractivity contribution in [3.8, 4) is 11.5 Å². The first-order valence-electron chi connectivity index (χ1n) is 14.6. The molecule has 0 bridgehead atoms. The fraction of sp³-hybridized carbons (Fsp3) is 0.364. The summed E-state index contributed by atoms with van der Waals surface area (Å²) in [6.45, 7) is 5.54. The molecule has 0 atom stereocenters. The van der Waals surface area contributed by atoms with Gasteiger partial charge in [0.15, 0.2) is 5.82 Å². The largest absolute Gasteiger partial charge is 0.573 e. The van der Waals surface area contributed by atoms with Gasteiger partial charge >= 0.3 is 6.36 Å². The quantitative estimate of drug-likeness (QED) is 0.140. The van der Waals surface area contributed by atoms with Gasteiger partial charge in [-0.05, 0) is 72.9 Å². The number of benzene rings is 2. The Bertz CT molecular complexity index is 1560. The highest BCUT2D eigenvalue weighted by molar-refractivity contribution is 5.98. The molecule has 2 aromatic carbocycles. The van der Waals surface area contributed by atoms with Crippen LogP contribution < -0.4 is 20.1 Å². The van der Waals surface area contributed by atoms with Gasteiger partial charge in [0, 0.05) is 31.8 Å². The molecule has 0 saturated heterocycles. The minimum absolute atomic E-state index is 0.0984. The maximum Gasteiger partial charge on any atom is 0.573 e. The number of carbonyl (C=O) groups excluding carboxylic acids is 2. The fourth-order valence-corrected chi connectivity index (χ4v) is 4.46. The molecule has 2 amide bonds. The maximum absolute atomic E-state index is 14.4. The maximum atomic E-state index is 14.4. The number of methoxy groups -OCH3 is 1.